The third-order valence-corrected chi connectivity index (χ3v) is 17.0. The molecule has 0 spiro atoms. The third-order valence-electron chi connectivity index (χ3n) is 17.0. The van der Waals surface area contributed by atoms with Gasteiger partial charge in [-0.3, -0.25) is 4.57 Å². The van der Waals surface area contributed by atoms with Crippen LogP contribution < -0.4 is 14.5 Å². The lowest BCUT2D eigenvalue weighted by atomic mass is 9.63. The molecule has 7 aromatic carbocycles. The van der Waals surface area contributed by atoms with Crippen LogP contribution in [0.15, 0.2) is 164 Å². The Hall–Kier alpha value is -7.11. The van der Waals surface area contributed by atoms with Crippen molar-refractivity contribution in [2.75, 3.05) is 16.5 Å². The Labute approximate surface area is 451 Å². The van der Waals surface area contributed by atoms with E-state index in [1.54, 1.807) is 0 Å². The average molecular weight is 992 g/mol. The molecule has 11 rings (SSSR count). The molecule has 9 aromatic rings. The van der Waals surface area contributed by atoms with Crippen LogP contribution in [0.25, 0.3) is 49.9 Å². The number of hydrogen-bond acceptors (Lipinski definition) is 4. The van der Waals surface area contributed by atoms with Crippen molar-refractivity contribution < 1.29 is 8.85 Å². The molecule has 0 amide bonds. The number of fused-ring (bicyclic) bond motifs is 5. The van der Waals surface area contributed by atoms with Crippen LogP contribution >= 0.6 is 0 Å². The molecule has 0 saturated heterocycles. The van der Waals surface area contributed by atoms with Crippen LogP contribution in [0.2, 0.25) is 0 Å². The number of nitrogens with zero attached hydrogens (tertiary/aromatic N) is 4. The quantitative estimate of drug-likeness (QED) is 0.144. The zero-order chi connectivity index (χ0) is 55.6. The van der Waals surface area contributed by atoms with E-state index >= 15 is 0 Å². The monoisotopic (exact) mass is 992 g/mol. The molecule has 1 aliphatic carbocycles. The number of ether oxygens (including phenoxy) is 1. The second-order valence-electron chi connectivity index (χ2n) is 25.6. The molecule has 2 aliphatic rings. The van der Waals surface area contributed by atoms with Crippen molar-refractivity contribution >= 4 is 44.6 Å². The van der Waals surface area contributed by atoms with Gasteiger partial charge in [0.1, 0.15) is 24.0 Å². The first kappa shape index (κ1) is 46.4. The van der Waals surface area contributed by atoms with Gasteiger partial charge in [0.05, 0.1) is 32.2 Å². The molecule has 0 bridgehead atoms. The third kappa shape index (κ3) is 8.80. The normalized spacial score (nSPS) is 16.0. The summed E-state index contributed by atoms with van der Waals surface area (Å²) in [6, 6.07) is 50.3. The molecule has 3 heterocycles. The van der Waals surface area contributed by atoms with Gasteiger partial charge >= 0.3 is 0 Å². The summed E-state index contributed by atoms with van der Waals surface area (Å²) in [5, 5.41) is 2.29. The Morgan fingerprint density at radius 3 is 1.97 bits per heavy atom. The van der Waals surface area contributed by atoms with E-state index in [4.69, 9.17) is 9.72 Å². The van der Waals surface area contributed by atoms with Gasteiger partial charge in [-0.15, -0.1) is 0 Å². The Kier molecular flexibility index (Phi) is 11.2. The molecule has 0 unspecified atom stereocenters. The van der Waals surface area contributed by atoms with Gasteiger partial charge in [0.15, 0.2) is 0 Å². The number of para-hydroxylation sites is 4. The number of rotatable bonds is 9. The van der Waals surface area contributed by atoms with Gasteiger partial charge in [0.2, 0.25) is 0 Å². The minimum atomic E-state index is -0.345. The second-order valence-corrected chi connectivity index (χ2v) is 25.6. The lowest BCUT2D eigenvalue weighted by Gasteiger charge is -2.42. The highest BCUT2D eigenvalue weighted by atomic mass is 16.5. The molecule has 0 atom stereocenters. The maximum absolute atomic E-state index is 10.3. The standard InChI is InChI=1S/C70H76N4O/c1-45(2)70(13,14)48-35-38-71-64(41-48)74-60-26-16-15-23-54(60)55-33-31-51(43-63(55)74)75-50-22-19-21-49(42-50)72-44-73(62-28-18-17-27-61(62)72)65-52(46-29-34-57-59(39-46)69(11,12)37-36-68(57,9)10)24-20-25-56(65)53-32-30-47(66(3,4)5)40-58(53)67(6,7)8/h15-35,38-43,45H,36-37,44H2,1-14H3/i29D,34D,39D. The number of anilines is 4. The predicted molar refractivity (Wildman–Crippen MR) is 319 cm³/mol. The molecule has 382 valence electrons. The molecular weight excluding hydrogens is 913 g/mol. The van der Waals surface area contributed by atoms with E-state index < -0.39 is 0 Å². The Morgan fingerprint density at radius 1 is 0.573 bits per heavy atom. The van der Waals surface area contributed by atoms with Crippen LogP contribution in [0.5, 0.6) is 11.5 Å². The van der Waals surface area contributed by atoms with Crippen LogP contribution in [0, 0.1) is 5.92 Å². The highest BCUT2D eigenvalue weighted by molar-refractivity contribution is 6.09. The van der Waals surface area contributed by atoms with Crippen molar-refractivity contribution in [2.24, 2.45) is 5.92 Å². The summed E-state index contributed by atoms with van der Waals surface area (Å²) in [6.07, 6.45) is 3.74. The largest absolute Gasteiger partial charge is 0.457 e. The number of aromatic nitrogens is 2. The van der Waals surface area contributed by atoms with Gasteiger partial charge < -0.3 is 14.5 Å². The fourth-order valence-corrected chi connectivity index (χ4v) is 11.6. The van der Waals surface area contributed by atoms with Crippen molar-refractivity contribution in [1.29, 1.82) is 0 Å². The summed E-state index contributed by atoms with van der Waals surface area (Å²) in [5.74, 6) is 2.75. The van der Waals surface area contributed by atoms with Crippen LogP contribution in [0.1, 0.15) is 142 Å². The van der Waals surface area contributed by atoms with E-state index in [9.17, 15) is 4.11 Å². The van der Waals surface area contributed by atoms with Gasteiger partial charge in [0, 0.05) is 45.9 Å². The minimum Gasteiger partial charge on any atom is -0.457 e. The SMILES string of the molecule is [2H]c1c([2H])c2c(c([2H])c1-c1cccc(-c3ccc(C(C)(C)C)cc3C(C)(C)C)c1N1CN(c3cccc(Oc4ccc5c6ccccc6n(-c6cc(C(C)(C)C(C)C)ccn6)c5c4)c3)c3ccccc31)C(C)(C)CCC2(C)C. The molecule has 1 aliphatic heterocycles. The van der Waals surface area contributed by atoms with Crippen molar-refractivity contribution in [3.63, 3.8) is 0 Å². The molecule has 75 heavy (non-hydrogen) atoms. The Bertz CT molecular complexity index is 3850. The van der Waals surface area contributed by atoms with Crippen molar-refractivity contribution in [2.45, 2.75) is 137 Å². The number of benzene rings is 7. The summed E-state index contributed by atoms with van der Waals surface area (Å²) in [6.45, 7) is 32.1. The highest BCUT2D eigenvalue weighted by Gasteiger charge is 2.38. The maximum Gasteiger partial charge on any atom is 0.137 e. The lowest BCUT2D eigenvalue weighted by Crippen LogP contribution is -2.33. The zero-order valence-electron chi connectivity index (χ0n) is 49.8. The molecule has 0 radical (unpaired) electrons. The van der Waals surface area contributed by atoms with Crippen LogP contribution in [0.3, 0.4) is 0 Å². The van der Waals surface area contributed by atoms with E-state index in [0.29, 0.717) is 29.9 Å². The average Bonchev–Trinajstić information content (AvgIpc) is 4.00. The molecule has 0 saturated carbocycles. The maximum atomic E-state index is 10.3. The minimum absolute atomic E-state index is 0.0395. The second kappa shape index (κ2) is 18.0. The highest BCUT2D eigenvalue weighted by Crippen LogP contribution is 2.54. The smallest absolute Gasteiger partial charge is 0.137 e. The van der Waals surface area contributed by atoms with Crippen LogP contribution in [-0.2, 0) is 27.1 Å². The van der Waals surface area contributed by atoms with E-state index in [1.807, 2.05) is 12.3 Å². The molecular formula is C70H76N4O. The first-order valence-electron chi connectivity index (χ1n) is 28.6. The van der Waals surface area contributed by atoms with Gasteiger partial charge in [0.25, 0.3) is 0 Å². The topological polar surface area (TPSA) is 33.5 Å². The molecule has 5 heteroatoms. The Morgan fingerprint density at radius 2 is 1.24 bits per heavy atom. The summed E-state index contributed by atoms with van der Waals surface area (Å²) in [4.78, 5) is 9.69. The Balaban J connectivity index is 1.05. The van der Waals surface area contributed by atoms with Crippen LogP contribution in [-0.4, -0.2) is 16.2 Å². The molecule has 2 aromatic heterocycles. The summed E-state index contributed by atoms with van der Waals surface area (Å²) in [7, 11) is 0. The summed E-state index contributed by atoms with van der Waals surface area (Å²) < 4.78 is 39.2. The number of hydrogen-bond donors (Lipinski definition) is 0. The van der Waals surface area contributed by atoms with Gasteiger partial charge in [-0.1, -0.05) is 188 Å². The fraction of sp³-hybridized carbons (Fsp3) is 0.329. The van der Waals surface area contributed by atoms with Gasteiger partial charge in [-0.05, 0) is 139 Å². The molecule has 0 fully saturated rings. The molecule has 0 N–H and O–H groups in total. The van der Waals surface area contributed by atoms with Crippen molar-refractivity contribution in [1.82, 2.24) is 9.55 Å². The summed E-state index contributed by atoms with van der Waals surface area (Å²) in [5.41, 5.74) is 13.9. The zero-order valence-corrected chi connectivity index (χ0v) is 46.8. The molecule has 5 nitrogen and oxygen atoms in total. The van der Waals surface area contributed by atoms with Gasteiger partial charge in [-0.25, -0.2) is 4.98 Å². The number of pyridine rings is 1. The van der Waals surface area contributed by atoms with Gasteiger partial charge in [-0.2, -0.15) is 0 Å². The summed E-state index contributed by atoms with van der Waals surface area (Å²) >= 11 is 0. The van der Waals surface area contributed by atoms with E-state index in [-0.39, 0.29) is 39.2 Å². The van der Waals surface area contributed by atoms with Crippen molar-refractivity contribution in [3.8, 4) is 39.6 Å². The van der Waals surface area contributed by atoms with E-state index in [0.717, 1.165) is 96.8 Å². The van der Waals surface area contributed by atoms with Crippen molar-refractivity contribution in [3.05, 3.63) is 192 Å². The first-order valence-corrected chi connectivity index (χ1v) is 27.1. The van der Waals surface area contributed by atoms with E-state index in [1.165, 1.54) is 16.7 Å². The predicted octanol–water partition coefficient (Wildman–Crippen LogP) is 19.4. The van der Waals surface area contributed by atoms with E-state index in [2.05, 4.69) is 245 Å². The van der Waals surface area contributed by atoms with Crippen LogP contribution in [0.4, 0.5) is 22.7 Å². The lowest BCUT2D eigenvalue weighted by molar-refractivity contribution is 0.332. The fourth-order valence-electron chi connectivity index (χ4n) is 11.6. The first-order chi connectivity index (χ1) is 36.8.